The summed E-state index contributed by atoms with van der Waals surface area (Å²) in [6.07, 6.45) is -1.11. The van der Waals surface area contributed by atoms with Crippen LogP contribution >= 0.6 is 22.9 Å². The summed E-state index contributed by atoms with van der Waals surface area (Å²) in [7, 11) is -3.94. The number of sulfonamides is 1. The van der Waals surface area contributed by atoms with Crippen LogP contribution in [-0.4, -0.2) is 74.3 Å². The number of carbonyl (C=O) groups excluding carboxylic acids is 3. The summed E-state index contributed by atoms with van der Waals surface area (Å²) in [6.45, 7) is 0.529. The highest BCUT2D eigenvalue weighted by atomic mass is 35.5. The normalized spacial score (nSPS) is 19.9. The van der Waals surface area contributed by atoms with E-state index in [-0.39, 0.29) is 30.7 Å². The van der Waals surface area contributed by atoms with E-state index in [1.54, 1.807) is 17.0 Å². The van der Waals surface area contributed by atoms with Gasteiger partial charge in [0.25, 0.3) is 0 Å². The molecule has 3 heterocycles. The number of amides is 4. The van der Waals surface area contributed by atoms with Crippen LogP contribution < -0.4 is 15.4 Å². The Labute approximate surface area is 249 Å². The largest absolute Gasteiger partial charge is 0.416 e. The Morgan fingerprint density at radius 1 is 1.12 bits per heavy atom. The lowest BCUT2D eigenvalue weighted by atomic mass is 10.1. The van der Waals surface area contributed by atoms with Crippen LogP contribution in [0.1, 0.15) is 36.1 Å². The summed E-state index contributed by atoms with van der Waals surface area (Å²) in [5.41, 5.74) is -0.919. The van der Waals surface area contributed by atoms with Gasteiger partial charge in [-0.15, -0.1) is 11.3 Å². The van der Waals surface area contributed by atoms with Gasteiger partial charge in [-0.25, -0.2) is 13.2 Å². The Bertz CT molecular complexity index is 1450. The fourth-order valence-electron chi connectivity index (χ4n) is 4.81. The van der Waals surface area contributed by atoms with Gasteiger partial charge in [0.2, 0.25) is 21.8 Å². The molecule has 2 saturated heterocycles. The van der Waals surface area contributed by atoms with E-state index in [0.29, 0.717) is 48.0 Å². The highest BCUT2D eigenvalue weighted by molar-refractivity contribution is 7.92. The van der Waals surface area contributed by atoms with Crippen LogP contribution in [0.5, 0.6) is 0 Å². The predicted octanol–water partition coefficient (Wildman–Crippen LogP) is 4.11. The SMILES string of the molecule is O=C(NC[C@@H]1CCCN1C(=O)CN1CCC[C@H](NS(=O)(=O)C=Cc2ccc(Cl)s2)C1=O)Nc1cccc(C(F)(F)F)c1. The van der Waals surface area contributed by atoms with Crippen molar-refractivity contribution in [3.63, 3.8) is 0 Å². The van der Waals surface area contributed by atoms with Gasteiger partial charge in [-0.2, -0.15) is 17.9 Å². The summed E-state index contributed by atoms with van der Waals surface area (Å²) in [4.78, 5) is 42.0. The molecule has 1 aromatic carbocycles. The van der Waals surface area contributed by atoms with Crippen LogP contribution in [0, 0.1) is 0 Å². The standard InChI is InChI=1S/C26H29ClF3N5O5S2/c27-22-9-8-20(41-22)10-13-42(39,40)33-21-7-3-11-34(24(21)37)16-23(36)35-12-2-6-19(35)15-31-25(38)32-18-5-1-4-17(14-18)26(28,29)30/h1,4-5,8-10,13-14,19,21,33H,2-3,6-7,11-12,15-16H2,(H2,31,32,38)/t19-,21-/m0/s1. The van der Waals surface area contributed by atoms with E-state index in [1.807, 2.05) is 0 Å². The molecule has 10 nitrogen and oxygen atoms in total. The van der Waals surface area contributed by atoms with Crippen LogP contribution in [0.2, 0.25) is 4.34 Å². The molecule has 4 amide bonds. The number of likely N-dealkylation sites (tertiary alicyclic amines) is 2. The number of nitrogens with zero attached hydrogens (tertiary/aromatic N) is 2. The Morgan fingerprint density at radius 3 is 2.60 bits per heavy atom. The molecule has 0 aliphatic carbocycles. The number of thiophene rings is 1. The fourth-order valence-corrected chi connectivity index (χ4v) is 6.88. The van der Waals surface area contributed by atoms with E-state index < -0.39 is 39.7 Å². The third-order valence-electron chi connectivity index (χ3n) is 6.81. The van der Waals surface area contributed by atoms with Crippen molar-refractivity contribution in [2.24, 2.45) is 0 Å². The van der Waals surface area contributed by atoms with Gasteiger partial charge in [0.15, 0.2) is 0 Å². The Kier molecular flexibility index (Phi) is 10.2. The van der Waals surface area contributed by atoms with Gasteiger partial charge in [0.05, 0.1) is 16.4 Å². The maximum Gasteiger partial charge on any atom is 0.416 e. The predicted molar refractivity (Wildman–Crippen MR) is 153 cm³/mol. The van der Waals surface area contributed by atoms with E-state index in [9.17, 15) is 36.0 Å². The van der Waals surface area contributed by atoms with Gasteiger partial charge in [-0.1, -0.05) is 17.7 Å². The summed E-state index contributed by atoms with van der Waals surface area (Å²) in [6, 6.07) is 5.46. The number of carbonyl (C=O) groups is 3. The second-order valence-corrected chi connectivity index (χ2v) is 13.2. The zero-order chi connectivity index (χ0) is 30.5. The molecule has 4 rings (SSSR count). The third kappa shape index (κ3) is 8.69. The molecule has 2 fully saturated rings. The van der Waals surface area contributed by atoms with E-state index in [1.165, 1.54) is 34.4 Å². The molecule has 2 aliphatic rings. The Morgan fingerprint density at radius 2 is 1.88 bits per heavy atom. The van der Waals surface area contributed by atoms with Gasteiger partial charge < -0.3 is 20.4 Å². The molecule has 0 unspecified atom stereocenters. The molecule has 42 heavy (non-hydrogen) atoms. The van der Waals surface area contributed by atoms with Crippen molar-refractivity contribution in [1.82, 2.24) is 19.8 Å². The van der Waals surface area contributed by atoms with Crippen molar-refractivity contribution in [3.05, 3.63) is 56.6 Å². The Balaban J connectivity index is 1.28. The summed E-state index contributed by atoms with van der Waals surface area (Å²) >= 11 is 7.07. The number of hydrogen-bond donors (Lipinski definition) is 3. The molecule has 0 saturated carbocycles. The third-order valence-corrected chi connectivity index (χ3v) is 9.12. The van der Waals surface area contributed by atoms with Crippen molar-refractivity contribution in [2.45, 2.75) is 43.9 Å². The number of alkyl halides is 3. The molecule has 2 aliphatic heterocycles. The number of rotatable bonds is 9. The summed E-state index contributed by atoms with van der Waals surface area (Å²) in [5.74, 6) is -0.844. The zero-order valence-electron chi connectivity index (χ0n) is 22.2. The molecule has 0 spiro atoms. The van der Waals surface area contributed by atoms with Crippen LogP contribution in [0.4, 0.5) is 23.7 Å². The summed E-state index contributed by atoms with van der Waals surface area (Å²) < 4.78 is 66.8. The summed E-state index contributed by atoms with van der Waals surface area (Å²) in [5, 5.41) is 5.92. The molecule has 0 bridgehead atoms. The number of anilines is 1. The minimum absolute atomic E-state index is 0.0260. The van der Waals surface area contributed by atoms with E-state index in [2.05, 4.69) is 15.4 Å². The number of piperidine rings is 1. The highest BCUT2D eigenvalue weighted by Crippen LogP contribution is 2.30. The molecular formula is C26H29ClF3N5O5S2. The number of urea groups is 1. The van der Waals surface area contributed by atoms with Crippen LogP contribution in [0.15, 0.2) is 41.8 Å². The van der Waals surface area contributed by atoms with Crippen molar-refractivity contribution < 1.29 is 36.0 Å². The quantitative estimate of drug-likeness (QED) is 0.378. The van der Waals surface area contributed by atoms with Crippen molar-refractivity contribution in [3.8, 4) is 0 Å². The van der Waals surface area contributed by atoms with E-state index in [4.69, 9.17) is 11.6 Å². The lowest BCUT2D eigenvalue weighted by Crippen LogP contribution is -2.55. The first kappa shape index (κ1) is 31.8. The molecule has 0 radical (unpaired) electrons. The molecule has 2 atom stereocenters. The average Bonchev–Trinajstić information content (AvgIpc) is 3.57. The number of halogens is 4. The second kappa shape index (κ2) is 13.4. The fraction of sp³-hybridized carbons (Fsp3) is 0.423. The maximum absolute atomic E-state index is 13.1. The van der Waals surface area contributed by atoms with E-state index >= 15 is 0 Å². The molecule has 3 N–H and O–H groups in total. The first-order valence-electron chi connectivity index (χ1n) is 13.1. The number of hydrogen-bond acceptors (Lipinski definition) is 6. The average molecular weight is 648 g/mol. The second-order valence-electron chi connectivity index (χ2n) is 9.86. The van der Waals surface area contributed by atoms with Gasteiger partial charge in [0.1, 0.15) is 6.04 Å². The molecule has 228 valence electrons. The Hall–Kier alpha value is -3.14. The van der Waals surface area contributed by atoms with Crippen LogP contribution in [0.3, 0.4) is 0 Å². The van der Waals surface area contributed by atoms with Crippen LogP contribution in [0.25, 0.3) is 6.08 Å². The van der Waals surface area contributed by atoms with Gasteiger partial charge in [0, 0.05) is 41.6 Å². The van der Waals surface area contributed by atoms with Gasteiger partial charge in [-0.05, 0) is 62.1 Å². The smallest absolute Gasteiger partial charge is 0.336 e. The minimum atomic E-state index is -4.55. The lowest BCUT2D eigenvalue weighted by molar-refractivity contribution is -0.143. The molecule has 16 heteroatoms. The van der Waals surface area contributed by atoms with Crippen molar-refractivity contribution >= 4 is 62.6 Å². The van der Waals surface area contributed by atoms with Gasteiger partial charge in [-0.3, -0.25) is 9.59 Å². The first-order chi connectivity index (χ1) is 19.8. The monoisotopic (exact) mass is 647 g/mol. The van der Waals surface area contributed by atoms with Crippen molar-refractivity contribution in [1.29, 1.82) is 0 Å². The van der Waals surface area contributed by atoms with E-state index in [0.717, 1.165) is 17.5 Å². The molecule has 1 aromatic heterocycles. The van der Waals surface area contributed by atoms with Crippen LogP contribution in [-0.2, 0) is 25.8 Å². The number of benzene rings is 1. The topological polar surface area (TPSA) is 128 Å². The van der Waals surface area contributed by atoms with Gasteiger partial charge >= 0.3 is 12.2 Å². The zero-order valence-corrected chi connectivity index (χ0v) is 24.6. The number of nitrogens with one attached hydrogen (secondary N) is 3. The maximum atomic E-state index is 13.1. The molecule has 2 aromatic rings. The molecular weight excluding hydrogens is 619 g/mol. The van der Waals surface area contributed by atoms with Crippen molar-refractivity contribution in [2.75, 3.05) is 31.5 Å². The minimum Gasteiger partial charge on any atom is -0.336 e. The lowest BCUT2D eigenvalue weighted by Gasteiger charge is -2.34. The first-order valence-corrected chi connectivity index (χ1v) is 15.8. The highest BCUT2D eigenvalue weighted by Gasteiger charge is 2.35.